The molecule has 2 aliphatic heterocycles. The summed E-state index contributed by atoms with van der Waals surface area (Å²) in [5.74, 6) is 0.764. The van der Waals surface area contributed by atoms with Crippen molar-refractivity contribution in [3.05, 3.63) is 34.9 Å². The summed E-state index contributed by atoms with van der Waals surface area (Å²) >= 11 is 6.60. The van der Waals surface area contributed by atoms with Crippen LogP contribution >= 0.6 is 11.6 Å². The standard InChI is InChI=1S/C26H36ClFN6O2/c1-17(2)32-10-5-11-33(15-14-32)21-7-4-6-19(27)22(21)29-25(35)34-12-8-26(3,9-13-34)24-30-23(36-31-24)18-16-20(18)28/h4,6-7,17-18,20H,5,8-16H2,1-3H3,(H,29,35)/t18-,20+/m1/s1. The molecule has 0 unspecified atom stereocenters. The Morgan fingerprint density at radius 3 is 2.64 bits per heavy atom. The number of aromatic nitrogens is 2. The summed E-state index contributed by atoms with van der Waals surface area (Å²) in [6, 6.07) is 6.16. The van der Waals surface area contributed by atoms with E-state index in [0.717, 1.165) is 38.3 Å². The predicted octanol–water partition coefficient (Wildman–Crippen LogP) is 5.05. The third-order valence-electron chi connectivity index (χ3n) is 7.99. The first kappa shape index (κ1) is 25.3. The Bertz CT molecular complexity index is 1090. The third-order valence-corrected chi connectivity index (χ3v) is 8.31. The highest BCUT2D eigenvalue weighted by Gasteiger charge is 2.45. The normalized spacial score (nSPS) is 24.6. The van der Waals surface area contributed by atoms with Gasteiger partial charge in [-0.15, -0.1) is 0 Å². The van der Waals surface area contributed by atoms with E-state index < -0.39 is 6.17 Å². The number of hydrogen-bond acceptors (Lipinski definition) is 6. The Morgan fingerprint density at radius 1 is 1.19 bits per heavy atom. The smallest absolute Gasteiger partial charge is 0.321 e. The van der Waals surface area contributed by atoms with Crippen molar-refractivity contribution < 1.29 is 13.7 Å². The molecule has 1 aliphatic carbocycles. The lowest BCUT2D eigenvalue weighted by Gasteiger charge is -2.37. The number of para-hydroxylation sites is 1. The first-order chi connectivity index (χ1) is 17.2. The average molecular weight is 519 g/mol. The van der Waals surface area contributed by atoms with Crippen LogP contribution in [-0.4, -0.2) is 77.5 Å². The van der Waals surface area contributed by atoms with Crippen LogP contribution in [0, 0.1) is 0 Å². The van der Waals surface area contributed by atoms with Gasteiger partial charge in [-0.05, 0) is 51.7 Å². The van der Waals surface area contributed by atoms with Crippen LogP contribution in [-0.2, 0) is 5.41 Å². The van der Waals surface area contributed by atoms with E-state index in [1.807, 2.05) is 23.1 Å². The molecular formula is C26H36ClFN6O2. The number of piperidine rings is 1. The number of carbonyl (C=O) groups is 1. The van der Waals surface area contributed by atoms with Crippen LogP contribution < -0.4 is 10.2 Å². The molecule has 5 rings (SSSR count). The fourth-order valence-corrected chi connectivity index (χ4v) is 5.47. The molecule has 2 amide bonds. The highest BCUT2D eigenvalue weighted by atomic mass is 35.5. The van der Waals surface area contributed by atoms with Crippen LogP contribution in [0.3, 0.4) is 0 Å². The third kappa shape index (κ3) is 5.18. The summed E-state index contributed by atoms with van der Waals surface area (Å²) < 4.78 is 18.7. The molecule has 0 bridgehead atoms. The summed E-state index contributed by atoms with van der Waals surface area (Å²) in [5.41, 5.74) is 1.33. The van der Waals surface area contributed by atoms with Crippen molar-refractivity contribution in [2.24, 2.45) is 0 Å². The molecule has 2 aromatic rings. The van der Waals surface area contributed by atoms with E-state index in [9.17, 15) is 9.18 Å². The lowest BCUT2D eigenvalue weighted by molar-refractivity contribution is 0.169. The van der Waals surface area contributed by atoms with Gasteiger partial charge in [-0.3, -0.25) is 4.90 Å². The van der Waals surface area contributed by atoms with Crippen LogP contribution in [0.15, 0.2) is 22.7 Å². The number of halogens is 2. The highest BCUT2D eigenvalue weighted by molar-refractivity contribution is 6.34. The van der Waals surface area contributed by atoms with Gasteiger partial charge in [0, 0.05) is 50.7 Å². The molecule has 1 aromatic heterocycles. The first-order valence-electron chi connectivity index (χ1n) is 13.1. The van der Waals surface area contributed by atoms with Gasteiger partial charge in [0.1, 0.15) is 6.17 Å². The Kier molecular flexibility index (Phi) is 7.14. The molecule has 0 radical (unpaired) electrons. The molecule has 196 valence electrons. The second-order valence-corrected chi connectivity index (χ2v) is 11.3. The molecular weight excluding hydrogens is 483 g/mol. The van der Waals surface area contributed by atoms with Gasteiger partial charge >= 0.3 is 6.03 Å². The van der Waals surface area contributed by atoms with Gasteiger partial charge in [0.2, 0.25) is 5.89 Å². The molecule has 1 saturated carbocycles. The van der Waals surface area contributed by atoms with Gasteiger partial charge in [-0.2, -0.15) is 4.98 Å². The minimum absolute atomic E-state index is 0.155. The minimum Gasteiger partial charge on any atom is -0.368 e. The largest absolute Gasteiger partial charge is 0.368 e. The SMILES string of the molecule is CC(C)N1CCCN(c2cccc(Cl)c2NC(=O)N2CCC(C)(c3noc([C@@H]4C[C@@H]4F)n3)CC2)CC1. The molecule has 2 atom stereocenters. The first-order valence-corrected chi connectivity index (χ1v) is 13.4. The topological polar surface area (TPSA) is 77.7 Å². The molecule has 3 aliphatic rings. The molecule has 0 spiro atoms. The van der Waals surface area contributed by atoms with Crippen LogP contribution in [0.25, 0.3) is 0 Å². The molecule has 1 aromatic carbocycles. The van der Waals surface area contributed by atoms with Gasteiger partial charge in [0.25, 0.3) is 0 Å². The van der Waals surface area contributed by atoms with E-state index in [1.165, 1.54) is 0 Å². The van der Waals surface area contributed by atoms with Crippen molar-refractivity contribution in [2.75, 3.05) is 49.5 Å². The summed E-state index contributed by atoms with van der Waals surface area (Å²) in [7, 11) is 0. The van der Waals surface area contributed by atoms with Gasteiger partial charge < -0.3 is 19.6 Å². The number of nitrogens with zero attached hydrogens (tertiary/aromatic N) is 5. The van der Waals surface area contributed by atoms with E-state index in [0.29, 0.717) is 60.8 Å². The molecule has 3 fully saturated rings. The van der Waals surface area contributed by atoms with Crippen LogP contribution in [0.2, 0.25) is 5.02 Å². The van der Waals surface area contributed by atoms with E-state index >= 15 is 0 Å². The quantitative estimate of drug-likeness (QED) is 0.596. The molecule has 2 saturated heterocycles. The van der Waals surface area contributed by atoms with Crippen LogP contribution in [0.4, 0.5) is 20.6 Å². The number of benzene rings is 1. The Balaban J connectivity index is 1.23. The van der Waals surface area contributed by atoms with Crippen molar-refractivity contribution in [1.29, 1.82) is 0 Å². The summed E-state index contributed by atoms with van der Waals surface area (Å²) in [6.45, 7) is 11.5. The molecule has 3 heterocycles. The monoisotopic (exact) mass is 518 g/mol. The second-order valence-electron chi connectivity index (χ2n) is 10.9. The fraction of sp³-hybridized carbons (Fsp3) is 0.654. The summed E-state index contributed by atoms with van der Waals surface area (Å²) in [5, 5.41) is 7.79. The van der Waals surface area contributed by atoms with Crippen molar-refractivity contribution in [2.45, 2.75) is 70.0 Å². The molecule has 10 heteroatoms. The van der Waals surface area contributed by atoms with E-state index in [2.05, 4.69) is 46.0 Å². The number of carbonyl (C=O) groups excluding carboxylic acids is 1. The second kappa shape index (κ2) is 10.2. The zero-order valence-corrected chi connectivity index (χ0v) is 22.1. The Morgan fingerprint density at radius 2 is 1.94 bits per heavy atom. The van der Waals surface area contributed by atoms with Crippen LogP contribution in [0.1, 0.15) is 64.1 Å². The summed E-state index contributed by atoms with van der Waals surface area (Å²) in [6.07, 6.45) is 2.07. The van der Waals surface area contributed by atoms with Crippen molar-refractivity contribution in [3.63, 3.8) is 0 Å². The maximum Gasteiger partial charge on any atom is 0.321 e. The fourth-order valence-electron chi connectivity index (χ4n) is 5.26. The maximum atomic E-state index is 13.4. The molecule has 36 heavy (non-hydrogen) atoms. The zero-order chi connectivity index (χ0) is 25.4. The lowest BCUT2D eigenvalue weighted by atomic mass is 9.80. The van der Waals surface area contributed by atoms with Gasteiger partial charge in [-0.25, -0.2) is 9.18 Å². The highest BCUT2D eigenvalue weighted by Crippen LogP contribution is 2.44. The van der Waals surface area contributed by atoms with Crippen molar-refractivity contribution in [3.8, 4) is 0 Å². The number of urea groups is 1. The van der Waals surface area contributed by atoms with Gasteiger partial charge in [0.05, 0.1) is 22.3 Å². The number of alkyl halides is 1. The minimum atomic E-state index is -0.866. The van der Waals surface area contributed by atoms with E-state index in [-0.39, 0.29) is 17.4 Å². The summed E-state index contributed by atoms with van der Waals surface area (Å²) in [4.78, 5) is 24.4. The number of amides is 2. The van der Waals surface area contributed by atoms with E-state index in [4.69, 9.17) is 16.1 Å². The van der Waals surface area contributed by atoms with Crippen molar-refractivity contribution >= 4 is 29.0 Å². The lowest BCUT2D eigenvalue weighted by Crippen LogP contribution is -2.46. The van der Waals surface area contributed by atoms with E-state index in [1.54, 1.807) is 0 Å². The van der Waals surface area contributed by atoms with Crippen molar-refractivity contribution in [1.82, 2.24) is 19.9 Å². The number of rotatable bonds is 5. The molecule has 8 nitrogen and oxygen atoms in total. The van der Waals surface area contributed by atoms with Gasteiger partial charge in [-0.1, -0.05) is 29.7 Å². The predicted molar refractivity (Wildman–Crippen MR) is 139 cm³/mol. The number of hydrogen-bond donors (Lipinski definition) is 1. The number of nitrogens with one attached hydrogen (secondary N) is 1. The maximum absolute atomic E-state index is 13.4. The number of likely N-dealkylation sites (tertiary alicyclic amines) is 1. The average Bonchev–Trinajstić information content (AvgIpc) is 3.46. The Labute approximate surface area is 217 Å². The van der Waals surface area contributed by atoms with Crippen LogP contribution in [0.5, 0.6) is 0 Å². The Hall–Kier alpha value is -2.39. The number of anilines is 2. The zero-order valence-electron chi connectivity index (χ0n) is 21.3. The molecule has 1 N–H and O–H groups in total. The van der Waals surface area contributed by atoms with Gasteiger partial charge in [0.15, 0.2) is 5.82 Å².